The van der Waals surface area contributed by atoms with Crippen LogP contribution in [-0.2, 0) is 16.1 Å². The number of carbonyl (C=O) groups is 1. The molecule has 0 radical (unpaired) electrons. The summed E-state index contributed by atoms with van der Waals surface area (Å²) in [7, 11) is 0. The van der Waals surface area contributed by atoms with E-state index in [-0.39, 0.29) is 12.6 Å². The number of esters is 1. The van der Waals surface area contributed by atoms with Crippen molar-refractivity contribution in [2.75, 3.05) is 18.5 Å². The van der Waals surface area contributed by atoms with Gasteiger partial charge in [0, 0.05) is 10.7 Å². The van der Waals surface area contributed by atoms with E-state index in [1.54, 1.807) is 11.6 Å². The van der Waals surface area contributed by atoms with E-state index < -0.39 is 6.04 Å². The molecule has 1 aliphatic rings. The summed E-state index contributed by atoms with van der Waals surface area (Å²) in [5, 5.41) is 8.34. The molecule has 0 amide bonds. The number of nitrogens with one attached hydrogen (secondary N) is 1. The van der Waals surface area contributed by atoms with Crippen molar-refractivity contribution in [3.8, 4) is 11.5 Å². The van der Waals surface area contributed by atoms with Crippen molar-refractivity contribution in [2.45, 2.75) is 46.3 Å². The summed E-state index contributed by atoms with van der Waals surface area (Å²) < 4.78 is 19.1. The molecule has 0 aliphatic carbocycles. The number of halogens is 1. The molecule has 0 unspecified atom stereocenters. The van der Waals surface area contributed by atoms with Crippen molar-refractivity contribution in [1.82, 2.24) is 14.8 Å². The number of hydrogen-bond acceptors (Lipinski definition) is 7. The molecule has 1 atom stereocenters. The summed E-state index contributed by atoms with van der Waals surface area (Å²) in [6.07, 6.45) is 3.01. The number of rotatable bonds is 10. The summed E-state index contributed by atoms with van der Waals surface area (Å²) in [5.74, 6) is 1.39. The lowest BCUT2D eigenvalue weighted by atomic mass is 9.93. The number of hydrogen-bond donors (Lipinski definition) is 1. The summed E-state index contributed by atoms with van der Waals surface area (Å²) in [6, 6.07) is 12.7. The zero-order valence-corrected chi connectivity index (χ0v) is 20.8. The number of ether oxygens (including phenoxy) is 3. The first kappa shape index (κ1) is 24.6. The molecule has 2 aromatic carbocycles. The zero-order chi connectivity index (χ0) is 24.8. The molecule has 2 heterocycles. The number of nitrogens with zero attached hydrogens (tertiary/aromatic N) is 3. The zero-order valence-electron chi connectivity index (χ0n) is 20.1. The molecule has 4 rings (SSSR count). The molecular formula is C26H29ClN4O4. The number of carbonyl (C=O) groups excluding carboxylic acids is 1. The van der Waals surface area contributed by atoms with Crippen LogP contribution in [0.3, 0.4) is 0 Å². The van der Waals surface area contributed by atoms with Crippen LogP contribution in [0.1, 0.15) is 50.8 Å². The van der Waals surface area contributed by atoms with Crippen LogP contribution in [0.2, 0.25) is 5.02 Å². The third-order valence-electron chi connectivity index (χ3n) is 5.57. The minimum Gasteiger partial charge on any atom is -0.490 e. The average molecular weight is 497 g/mol. The normalized spacial score (nSPS) is 14.8. The highest BCUT2D eigenvalue weighted by Crippen LogP contribution is 2.40. The van der Waals surface area contributed by atoms with E-state index in [1.807, 2.05) is 49.4 Å². The molecule has 184 valence electrons. The van der Waals surface area contributed by atoms with Crippen LogP contribution in [-0.4, -0.2) is 33.9 Å². The maximum absolute atomic E-state index is 13.1. The Hall–Kier alpha value is -3.52. The second-order valence-electron chi connectivity index (χ2n) is 7.97. The summed E-state index contributed by atoms with van der Waals surface area (Å²) in [6.45, 7) is 6.88. The molecule has 0 bridgehead atoms. The van der Waals surface area contributed by atoms with E-state index in [0.29, 0.717) is 47.7 Å². The van der Waals surface area contributed by atoms with E-state index in [0.717, 1.165) is 23.2 Å². The van der Waals surface area contributed by atoms with Crippen LogP contribution in [0.4, 0.5) is 5.95 Å². The Balaban J connectivity index is 1.72. The van der Waals surface area contributed by atoms with Gasteiger partial charge in [-0.15, -0.1) is 0 Å². The smallest absolute Gasteiger partial charge is 0.338 e. The van der Waals surface area contributed by atoms with Crippen LogP contribution in [0.15, 0.2) is 60.1 Å². The highest BCUT2D eigenvalue weighted by molar-refractivity contribution is 6.30. The third-order valence-corrected chi connectivity index (χ3v) is 5.82. The van der Waals surface area contributed by atoms with Gasteiger partial charge in [0.25, 0.3) is 0 Å². The fourth-order valence-electron chi connectivity index (χ4n) is 4.04. The van der Waals surface area contributed by atoms with Crippen molar-refractivity contribution < 1.29 is 19.0 Å². The van der Waals surface area contributed by atoms with Crippen molar-refractivity contribution in [3.05, 3.63) is 76.2 Å². The molecule has 0 fully saturated rings. The highest BCUT2D eigenvalue weighted by Gasteiger charge is 2.35. The van der Waals surface area contributed by atoms with E-state index >= 15 is 0 Å². The van der Waals surface area contributed by atoms with Crippen molar-refractivity contribution >= 4 is 23.5 Å². The summed E-state index contributed by atoms with van der Waals surface area (Å²) in [5.41, 5.74) is 3.11. The van der Waals surface area contributed by atoms with Crippen LogP contribution in [0.5, 0.6) is 11.5 Å². The maximum Gasteiger partial charge on any atom is 0.338 e. The standard InChI is InChI=1S/C26H29ClN4O4/c1-4-7-20-23(25(32)34-6-3)24(31-26(30-20)28-16-29-31)18-10-13-21(22(14-18)33-5-2)35-15-17-8-11-19(27)12-9-17/h8-14,16,24H,4-7,15H2,1-3H3,(H,28,29,30)/t24-/m1/s1. The third kappa shape index (κ3) is 5.43. The molecule has 1 N–H and O–H groups in total. The molecule has 0 saturated heterocycles. The Morgan fingerprint density at radius 3 is 2.57 bits per heavy atom. The second kappa shape index (κ2) is 11.3. The molecule has 9 heteroatoms. The molecular weight excluding hydrogens is 468 g/mol. The maximum atomic E-state index is 13.1. The van der Waals surface area contributed by atoms with Crippen molar-refractivity contribution in [3.63, 3.8) is 0 Å². The second-order valence-corrected chi connectivity index (χ2v) is 8.41. The van der Waals surface area contributed by atoms with E-state index in [2.05, 4.69) is 22.3 Å². The molecule has 35 heavy (non-hydrogen) atoms. The minimum absolute atomic E-state index is 0.278. The lowest BCUT2D eigenvalue weighted by Gasteiger charge is -2.29. The first-order chi connectivity index (χ1) is 17.0. The van der Waals surface area contributed by atoms with Gasteiger partial charge < -0.3 is 19.5 Å². The number of aromatic nitrogens is 3. The summed E-state index contributed by atoms with van der Waals surface area (Å²) >= 11 is 5.98. The fourth-order valence-corrected chi connectivity index (χ4v) is 4.17. The Morgan fingerprint density at radius 2 is 1.86 bits per heavy atom. The Bertz CT molecular complexity index is 1210. The predicted octanol–water partition coefficient (Wildman–Crippen LogP) is 5.54. The quantitative estimate of drug-likeness (QED) is 0.368. The van der Waals surface area contributed by atoms with Gasteiger partial charge in [0.1, 0.15) is 19.0 Å². The Kier molecular flexibility index (Phi) is 7.92. The fraction of sp³-hybridized carbons (Fsp3) is 0.346. The number of anilines is 1. The number of allylic oxidation sites excluding steroid dienone is 1. The van der Waals surface area contributed by atoms with Gasteiger partial charge in [0.2, 0.25) is 5.95 Å². The minimum atomic E-state index is -0.515. The van der Waals surface area contributed by atoms with Crippen LogP contribution in [0, 0.1) is 0 Å². The first-order valence-corrected chi connectivity index (χ1v) is 12.1. The van der Waals surface area contributed by atoms with Crippen LogP contribution < -0.4 is 14.8 Å². The first-order valence-electron chi connectivity index (χ1n) is 11.8. The Morgan fingerprint density at radius 1 is 1.06 bits per heavy atom. The Labute approximate surface area is 209 Å². The topological polar surface area (TPSA) is 87.5 Å². The number of benzene rings is 2. The van der Waals surface area contributed by atoms with Gasteiger partial charge in [-0.05, 0) is 55.7 Å². The molecule has 1 aromatic heterocycles. The average Bonchev–Trinajstić information content (AvgIpc) is 3.32. The van der Waals surface area contributed by atoms with Gasteiger partial charge in [0.05, 0.1) is 18.8 Å². The van der Waals surface area contributed by atoms with Gasteiger partial charge in [0.15, 0.2) is 11.5 Å². The van der Waals surface area contributed by atoms with E-state index in [1.165, 1.54) is 6.33 Å². The van der Waals surface area contributed by atoms with Crippen LogP contribution in [0.25, 0.3) is 0 Å². The van der Waals surface area contributed by atoms with Gasteiger partial charge in [-0.2, -0.15) is 10.1 Å². The molecule has 1 aliphatic heterocycles. The monoisotopic (exact) mass is 496 g/mol. The van der Waals surface area contributed by atoms with Gasteiger partial charge in [-0.1, -0.05) is 43.1 Å². The van der Waals surface area contributed by atoms with Crippen molar-refractivity contribution in [2.24, 2.45) is 0 Å². The van der Waals surface area contributed by atoms with Crippen molar-refractivity contribution in [1.29, 1.82) is 0 Å². The summed E-state index contributed by atoms with van der Waals surface area (Å²) in [4.78, 5) is 17.5. The predicted molar refractivity (Wildman–Crippen MR) is 134 cm³/mol. The van der Waals surface area contributed by atoms with Crippen LogP contribution >= 0.6 is 11.6 Å². The van der Waals surface area contributed by atoms with Gasteiger partial charge in [-0.3, -0.25) is 0 Å². The molecule has 0 spiro atoms. The molecule has 0 saturated carbocycles. The van der Waals surface area contributed by atoms with E-state index in [4.69, 9.17) is 25.8 Å². The van der Waals surface area contributed by atoms with E-state index in [9.17, 15) is 4.79 Å². The lowest BCUT2D eigenvalue weighted by Crippen LogP contribution is -2.30. The highest BCUT2D eigenvalue weighted by atomic mass is 35.5. The van der Waals surface area contributed by atoms with Gasteiger partial charge >= 0.3 is 5.97 Å². The molecule has 3 aromatic rings. The largest absolute Gasteiger partial charge is 0.490 e. The lowest BCUT2D eigenvalue weighted by molar-refractivity contribution is -0.139. The SMILES string of the molecule is CCCC1=C(C(=O)OCC)[C@@H](c2ccc(OCc3ccc(Cl)cc3)c(OCC)c2)n2ncnc2N1. The molecule has 8 nitrogen and oxygen atoms in total. The van der Waals surface area contributed by atoms with Gasteiger partial charge in [-0.25, -0.2) is 9.48 Å². The number of fused-ring (bicyclic) bond motifs is 1.